The molecule has 144 valence electrons. The molecule has 2 aliphatic rings. The third-order valence-corrected chi connectivity index (χ3v) is 5.03. The Hall–Kier alpha value is -1.34. The van der Waals surface area contributed by atoms with Crippen molar-refractivity contribution in [3.63, 3.8) is 0 Å². The molecular formula is C18H33N3O4. The molecule has 3 atom stereocenters. The van der Waals surface area contributed by atoms with E-state index in [0.29, 0.717) is 31.8 Å². The highest BCUT2D eigenvalue weighted by Crippen LogP contribution is 2.23. The summed E-state index contributed by atoms with van der Waals surface area (Å²) in [5.41, 5.74) is 0. The largest absolute Gasteiger partial charge is 0.394 e. The third-order valence-electron chi connectivity index (χ3n) is 5.03. The van der Waals surface area contributed by atoms with Crippen molar-refractivity contribution in [3.05, 3.63) is 0 Å². The van der Waals surface area contributed by atoms with Crippen LogP contribution in [0.2, 0.25) is 0 Å². The lowest BCUT2D eigenvalue weighted by Gasteiger charge is -2.36. The van der Waals surface area contributed by atoms with Gasteiger partial charge in [-0.1, -0.05) is 26.2 Å². The summed E-state index contributed by atoms with van der Waals surface area (Å²) in [7, 11) is 0. The zero-order chi connectivity index (χ0) is 18.1. The first kappa shape index (κ1) is 20.0. The number of amides is 3. The maximum Gasteiger partial charge on any atom is 0.315 e. The van der Waals surface area contributed by atoms with Gasteiger partial charge in [-0.3, -0.25) is 4.79 Å². The van der Waals surface area contributed by atoms with Crippen LogP contribution in [0.1, 0.15) is 64.7 Å². The number of rotatable bonds is 7. The minimum Gasteiger partial charge on any atom is -0.394 e. The summed E-state index contributed by atoms with van der Waals surface area (Å²) in [6, 6.07) is -0.156. The van der Waals surface area contributed by atoms with E-state index in [0.717, 1.165) is 19.3 Å². The topological polar surface area (TPSA) is 99.7 Å². The minimum absolute atomic E-state index is 0.0284. The van der Waals surface area contributed by atoms with Crippen molar-refractivity contribution in [2.24, 2.45) is 0 Å². The average Bonchev–Trinajstić information content (AvgIpc) is 2.62. The Balaban J connectivity index is 1.74. The van der Waals surface area contributed by atoms with E-state index in [1.807, 2.05) is 6.92 Å². The zero-order valence-electron chi connectivity index (χ0n) is 15.3. The Morgan fingerprint density at radius 2 is 1.84 bits per heavy atom. The van der Waals surface area contributed by atoms with Gasteiger partial charge in [-0.05, 0) is 32.1 Å². The number of carbonyl (C=O) groups excluding carboxylic acids is 2. The highest BCUT2D eigenvalue weighted by Gasteiger charge is 2.33. The van der Waals surface area contributed by atoms with Crippen LogP contribution in [0.25, 0.3) is 0 Å². The maximum atomic E-state index is 12.2. The predicted octanol–water partition coefficient (Wildman–Crippen LogP) is 1.44. The van der Waals surface area contributed by atoms with Crippen molar-refractivity contribution < 1.29 is 19.4 Å². The van der Waals surface area contributed by atoms with Crippen molar-refractivity contribution >= 4 is 11.9 Å². The van der Waals surface area contributed by atoms with Gasteiger partial charge in [0.25, 0.3) is 0 Å². The van der Waals surface area contributed by atoms with Gasteiger partial charge in [0.15, 0.2) is 0 Å². The van der Waals surface area contributed by atoms with Crippen LogP contribution < -0.4 is 16.0 Å². The van der Waals surface area contributed by atoms with E-state index in [1.165, 1.54) is 19.3 Å². The van der Waals surface area contributed by atoms with Crippen LogP contribution in [0.3, 0.4) is 0 Å². The molecule has 0 radical (unpaired) electrons. The molecule has 1 heterocycles. The molecule has 2 rings (SSSR count). The summed E-state index contributed by atoms with van der Waals surface area (Å²) in [4.78, 5) is 24.0. The fraction of sp³-hybridized carbons (Fsp3) is 0.889. The Morgan fingerprint density at radius 3 is 2.52 bits per heavy atom. The second-order valence-corrected chi connectivity index (χ2v) is 7.17. The van der Waals surface area contributed by atoms with E-state index in [2.05, 4.69) is 16.0 Å². The summed E-state index contributed by atoms with van der Waals surface area (Å²) >= 11 is 0. The van der Waals surface area contributed by atoms with Gasteiger partial charge in [0, 0.05) is 12.6 Å². The highest BCUT2D eigenvalue weighted by atomic mass is 16.5. The van der Waals surface area contributed by atoms with Crippen LogP contribution >= 0.6 is 0 Å². The van der Waals surface area contributed by atoms with Crippen LogP contribution in [-0.2, 0) is 9.53 Å². The molecule has 4 N–H and O–H groups in total. The van der Waals surface area contributed by atoms with Gasteiger partial charge < -0.3 is 25.8 Å². The minimum atomic E-state index is -0.464. The normalized spacial score (nSPS) is 27.5. The number of ether oxygens (including phenoxy) is 1. The highest BCUT2D eigenvalue weighted by molar-refractivity contribution is 5.77. The number of hydrogen-bond acceptors (Lipinski definition) is 4. The SMILES string of the molecule is CCCNC(=O)N[C@@H]1CC[C@@H](CC(=O)NC2CCCCC2)O[C@@H]1CO. The van der Waals surface area contributed by atoms with Crippen LogP contribution in [0, 0.1) is 0 Å². The van der Waals surface area contributed by atoms with E-state index >= 15 is 0 Å². The molecule has 3 amide bonds. The second-order valence-electron chi connectivity index (χ2n) is 7.17. The maximum absolute atomic E-state index is 12.2. The van der Waals surface area contributed by atoms with Crippen molar-refractivity contribution in [2.75, 3.05) is 13.2 Å². The molecule has 25 heavy (non-hydrogen) atoms. The van der Waals surface area contributed by atoms with Crippen molar-refractivity contribution in [1.29, 1.82) is 0 Å². The van der Waals surface area contributed by atoms with E-state index in [9.17, 15) is 14.7 Å². The summed E-state index contributed by atoms with van der Waals surface area (Å²) in [5, 5.41) is 18.3. The summed E-state index contributed by atoms with van der Waals surface area (Å²) in [6.45, 7) is 2.44. The molecular weight excluding hydrogens is 322 g/mol. The van der Waals surface area contributed by atoms with Gasteiger partial charge in [0.05, 0.1) is 25.2 Å². The number of nitrogens with one attached hydrogen (secondary N) is 3. The lowest BCUT2D eigenvalue weighted by Crippen LogP contribution is -2.54. The smallest absolute Gasteiger partial charge is 0.315 e. The molecule has 2 fully saturated rings. The lowest BCUT2D eigenvalue weighted by molar-refractivity contribution is -0.131. The fourth-order valence-corrected chi connectivity index (χ4v) is 3.65. The Morgan fingerprint density at radius 1 is 1.08 bits per heavy atom. The third kappa shape index (κ3) is 6.82. The van der Waals surface area contributed by atoms with Gasteiger partial charge >= 0.3 is 6.03 Å². The van der Waals surface area contributed by atoms with Crippen molar-refractivity contribution in [2.45, 2.75) is 89.0 Å². The molecule has 0 aromatic rings. The molecule has 0 bridgehead atoms. The van der Waals surface area contributed by atoms with Gasteiger partial charge in [-0.2, -0.15) is 0 Å². The number of aliphatic hydroxyl groups excluding tert-OH is 1. The number of aliphatic hydroxyl groups is 1. The van der Waals surface area contributed by atoms with Crippen LogP contribution in [-0.4, -0.2) is 54.5 Å². The van der Waals surface area contributed by atoms with Gasteiger partial charge in [0.1, 0.15) is 6.10 Å². The molecule has 7 nitrogen and oxygen atoms in total. The quantitative estimate of drug-likeness (QED) is 0.555. The molecule has 0 aromatic carbocycles. The molecule has 0 unspecified atom stereocenters. The first-order valence-corrected chi connectivity index (χ1v) is 9.72. The number of urea groups is 1. The monoisotopic (exact) mass is 355 g/mol. The van der Waals surface area contributed by atoms with Gasteiger partial charge in [-0.15, -0.1) is 0 Å². The first-order valence-electron chi connectivity index (χ1n) is 9.72. The van der Waals surface area contributed by atoms with Gasteiger partial charge in [-0.25, -0.2) is 4.79 Å². The average molecular weight is 355 g/mol. The standard InChI is InChI=1S/C18H33N3O4/c1-2-10-19-18(24)21-15-9-8-14(25-16(15)12-22)11-17(23)20-13-6-4-3-5-7-13/h13-16,22H,2-12H2,1H3,(H,20,23)(H2,19,21,24)/t14-,15+,16+/m0/s1. The zero-order valence-corrected chi connectivity index (χ0v) is 15.3. The first-order chi connectivity index (χ1) is 12.1. The van der Waals surface area contributed by atoms with Crippen LogP contribution in [0.4, 0.5) is 4.79 Å². The number of carbonyl (C=O) groups is 2. The van der Waals surface area contributed by atoms with E-state index in [1.54, 1.807) is 0 Å². The predicted molar refractivity (Wildman–Crippen MR) is 95.2 cm³/mol. The molecule has 0 spiro atoms. The molecule has 1 saturated carbocycles. The summed E-state index contributed by atoms with van der Waals surface area (Å²) in [6.07, 6.45) is 7.69. The summed E-state index contributed by atoms with van der Waals surface area (Å²) in [5.74, 6) is 0.0284. The van der Waals surface area contributed by atoms with Crippen LogP contribution in [0.5, 0.6) is 0 Å². The molecule has 0 aromatic heterocycles. The Labute approximate surface area is 150 Å². The molecule has 1 aliphatic heterocycles. The van der Waals surface area contributed by atoms with E-state index in [4.69, 9.17) is 4.74 Å². The van der Waals surface area contributed by atoms with Crippen LogP contribution in [0.15, 0.2) is 0 Å². The van der Waals surface area contributed by atoms with E-state index < -0.39 is 6.10 Å². The molecule has 1 aliphatic carbocycles. The second kappa shape index (κ2) is 10.6. The van der Waals surface area contributed by atoms with Crippen molar-refractivity contribution in [1.82, 2.24) is 16.0 Å². The van der Waals surface area contributed by atoms with Crippen molar-refractivity contribution in [3.8, 4) is 0 Å². The Kier molecular flexibility index (Phi) is 8.48. The number of hydrogen-bond donors (Lipinski definition) is 4. The fourth-order valence-electron chi connectivity index (χ4n) is 3.65. The van der Waals surface area contributed by atoms with E-state index in [-0.39, 0.29) is 30.7 Å². The lowest BCUT2D eigenvalue weighted by atomic mass is 9.94. The summed E-state index contributed by atoms with van der Waals surface area (Å²) < 4.78 is 5.86. The molecule has 7 heteroatoms. The van der Waals surface area contributed by atoms with Gasteiger partial charge in [0.2, 0.25) is 5.91 Å². The molecule has 1 saturated heterocycles. The Bertz CT molecular complexity index is 427.